The van der Waals surface area contributed by atoms with Crippen LogP contribution < -0.4 is 15.8 Å². The van der Waals surface area contributed by atoms with E-state index in [0.29, 0.717) is 24.6 Å². The lowest BCUT2D eigenvalue weighted by Gasteiger charge is -2.32. The minimum atomic E-state index is -0.366. The molecule has 1 aromatic heterocycles. The van der Waals surface area contributed by atoms with Gasteiger partial charge in [-0.25, -0.2) is 4.39 Å². The number of nitrogens with one attached hydrogen (secondary N) is 1. The number of anilines is 1. The molecule has 3 rings (SSSR count). The Balaban J connectivity index is 1.80. The Morgan fingerprint density at radius 1 is 1.27 bits per heavy atom. The van der Waals surface area contributed by atoms with Crippen molar-refractivity contribution in [2.45, 2.75) is 26.2 Å². The fourth-order valence-corrected chi connectivity index (χ4v) is 3.13. The molecule has 0 spiro atoms. The van der Waals surface area contributed by atoms with Crippen LogP contribution in [0.2, 0.25) is 0 Å². The Hall–Kier alpha value is -2.70. The number of hydrogen-bond acceptors (Lipinski definition) is 4. The smallest absolute Gasteiger partial charge is 0.271 e. The summed E-state index contributed by atoms with van der Waals surface area (Å²) in [5.74, 6) is 0.267. The molecule has 1 aliphatic heterocycles. The van der Waals surface area contributed by atoms with Crippen LogP contribution in [-0.2, 0) is 4.79 Å². The van der Waals surface area contributed by atoms with E-state index >= 15 is 0 Å². The van der Waals surface area contributed by atoms with E-state index in [9.17, 15) is 14.0 Å². The lowest BCUT2D eigenvalue weighted by Crippen LogP contribution is -2.44. The van der Waals surface area contributed by atoms with Crippen LogP contribution in [0.25, 0.3) is 5.69 Å². The fraction of sp³-hybridized carbons (Fsp3) is 0.421. The summed E-state index contributed by atoms with van der Waals surface area (Å²) in [5.41, 5.74) is 0.224. The molecule has 6 nitrogen and oxygen atoms in total. The van der Waals surface area contributed by atoms with Crippen molar-refractivity contribution in [2.24, 2.45) is 5.92 Å². The van der Waals surface area contributed by atoms with E-state index < -0.39 is 0 Å². The van der Waals surface area contributed by atoms with Crippen molar-refractivity contribution in [1.82, 2.24) is 15.1 Å². The molecule has 1 N–H and O–H groups in total. The number of carbonyl (C=O) groups excluding carboxylic acids is 1. The van der Waals surface area contributed by atoms with Gasteiger partial charge in [0.15, 0.2) is 0 Å². The predicted octanol–water partition coefficient (Wildman–Crippen LogP) is 2.11. The second-order valence-corrected chi connectivity index (χ2v) is 6.49. The first-order valence-corrected chi connectivity index (χ1v) is 8.97. The summed E-state index contributed by atoms with van der Waals surface area (Å²) in [7, 11) is 0. The Bertz CT molecular complexity index is 819. The molecule has 1 fully saturated rings. The Morgan fingerprint density at radius 3 is 2.77 bits per heavy atom. The Morgan fingerprint density at radius 2 is 2.04 bits per heavy atom. The molecule has 1 amide bonds. The molecule has 0 aliphatic carbocycles. The molecule has 2 aromatic rings. The standard InChI is InChI=1S/C19H23FN4O2/c1-2-11-21-19(26)14-4-3-12-23(13-14)17-9-10-18(25)24(22-17)16-7-5-15(20)6-8-16/h5-10,14H,2-4,11-13H2,1H3,(H,21,26)/t14-/m0/s1. The maximum absolute atomic E-state index is 13.1. The normalized spacial score (nSPS) is 17.2. The summed E-state index contributed by atoms with van der Waals surface area (Å²) in [6, 6.07) is 8.76. The highest BCUT2D eigenvalue weighted by Gasteiger charge is 2.26. The van der Waals surface area contributed by atoms with Crippen molar-refractivity contribution in [3.63, 3.8) is 0 Å². The average molecular weight is 358 g/mol. The zero-order chi connectivity index (χ0) is 18.5. The first-order valence-electron chi connectivity index (χ1n) is 8.97. The van der Waals surface area contributed by atoms with E-state index in [1.54, 1.807) is 6.07 Å². The third kappa shape index (κ3) is 4.09. The molecular weight excluding hydrogens is 335 g/mol. The van der Waals surface area contributed by atoms with Crippen LogP contribution in [0.15, 0.2) is 41.2 Å². The maximum atomic E-state index is 13.1. The zero-order valence-corrected chi connectivity index (χ0v) is 14.8. The van der Waals surface area contributed by atoms with Crippen LogP contribution >= 0.6 is 0 Å². The largest absolute Gasteiger partial charge is 0.356 e. The molecule has 0 saturated carbocycles. The Kier molecular flexibility index (Phi) is 5.65. The van der Waals surface area contributed by atoms with Crippen molar-refractivity contribution >= 4 is 11.7 Å². The van der Waals surface area contributed by atoms with Gasteiger partial charge in [0.1, 0.15) is 11.6 Å². The van der Waals surface area contributed by atoms with Crippen molar-refractivity contribution in [2.75, 3.05) is 24.5 Å². The second-order valence-electron chi connectivity index (χ2n) is 6.49. The summed E-state index contributed by atoms with van der Waals surface area (Å²) in [5, 5.41) is 7.38. The van der Waals surface area contributed by atoms with Crippen molar-refractivity contribution in [1.29, 1.82) is 0 Å². The van der Waals surface area contributed by atoms with Gasteiger partial charge >= 0.3 is 0 Å². The first-order chi connectivity index (χ1) is 12.6. The minimum absolute atomic E-state index is 0.0726. The highest BCUT2D eigenvalue weighted by Crippen LogP contribution is 2.21. The molecule has 26 heavy (non-hydrogen) atoms. The van der Waals surface area contributed by atoms with Crippen LogP contribution in [0.3, 0.4) is 0 Å². The molecule has 1 atom stereocenters. The molecule has 138 valence electrons. The average Bonchev–Trinajstić information content (AvgIpc) is 2.67. The summed E-state index contributed by atoms with van der Waals surface area (Å²) in [4.78, 5) is 26.4. The van der Waals surface area contributed by atoms with Gasteiger partial charge in [-0.05, 0) is 49.6 Å². The molecule has 2 heterocycles. The maximum Gasteiger partial charge on any atom is 0.271 e. The van der Waals surface area contributed by atoms with E-state index in [0.717, 1.165) is 25.8 Å². The lowest BCUT2D eigenvalue weighted by atomic mass is 9.97. The minimum Gasteiger partial charge on any atom is -0.356 e. The topological polar surface area (TPSA) is 67.2 Å². The molecular formula is C19H23FN4O2. The van der Waals surface area contributed by atoms with Crippen LogP contribution in [0.4, 0.5) is 10.2 Å². The monoisotopic (exact) mass is 358 g/mol. The van der Waals surface area contributed by atoms with Crippen molar-refractivity contribution in [3.05, 3.63) is 52.6 Å². The number of carbonyl (C=O) groups is 1. The highest BCUT2D eigenvalue weighted by molar-refractivity contribution is 5.79. The summed E-state index contributed by atoms with van der Waals surface area (Å²) < 4.78 is 14.4. The van der Waals surface area contributed by atoms with E-state index in [4.69, 9.17) is 0 Å². The van der Waals surface area contributed by atoms with Gasteiger partial charge in [0.05, 0.1) is 11.6 Å². The van der Waals surface area contributed by atoms with Crippen LogP contribution in [0, 0.1) is 11.7 Å². The van der Waals surface area contributed by atoms with Gasteiger partial charge in [-0.3, -0.25) is 9.59 Å². The van der Waals surface area contributed by atoms with Crippen molar-refractivity contribution in [3.8, 4) is 5.69 Å². The zero-order valence-electron chi connectivity index (χ0n) is 14.8. The molecule has 0 unspecified atom stereocenters. The summed E-state index contributed by atoms with van der Waals surface area (Å²) in [6.45, 7) is 4.06. The van der Waals surface area contributed by atoms with Gasteiger partial charge in [0.2, 0.25) is 5.91 Å². The number of piperidine rings is 1. The highest BCUT2D eigenvalue weighted by atomic mass is 19.1. The van der Waals surface area contributed by atoms with Crippen molar-refractivity contribution < 1.29 is 9.18 Å². The SMILES string of the molecule is CCCNC(=O)[C@H]1CCCN(c2ccc(=O)n(-c3ccc(F)cc3)n2)C1. The third-order valence-electron chi connectivity index (χ3n) is 4.52. The molecule has 1 aromatic carbocycles. The van der Waals surface area contributed by atoms with Crippen LogP contribution in [0.5, 0.6) is 0 Å². The molecule has 1 aliphatic rings. The van der Waals surface area contributed by atoms with Gasteiger partial charge < -0.3 is 10.2 Å². The van der Waals surface area contributed by atoms with Gasteiger partial charge in [-0.15, -0.1) is 5.10 Å². The number of rotatable bonds is 5. The first kappa shape index (κ1) is 18.1. The second kappa shape index (κ2) is 8.12. The van der Waals surface area contributed by atoms with Crippen LogP contribution in [-0.4, -0.2) is 35.3 Å². The van der Waals surface area contributed by atoms with Gasteiger partial charge in [0.25, 0.3) is 5.56 Å². The quantitative estimate of drug-likeness (QED) is 0.889. The van der Waals surface area contributed by atoms with E-state index in [1.807, 2.05) is 11.8 Å². The number of benzene rings is 1. The molecule has 0 radical (unpaired) electrons. The Labute approximate surface area is 151 Å². The fourth-order valence-electron chi connectivity index (χ4n) is 3.13. The van der Waals surface area contributed by atoms with Crippen LogP contribution in [0.1, 0.15) is 26.2 Å². The number of aromatic nitrogens is 2. The lowest BCUT2D eigenvalue weighted by molar-refractivity contribution is -0.125. The van der Waals surface area contributed by atoms with Gasteiger partial charge in [-0.2, -0.15) is 4.68 Å². The number of halogens is 1. The van der Waals surface area contributed by atoms with E-state index in [1.165, 1.54) is 35.0 Å². The summed E-state index contributed by atoms with van der Waals surface area (Å²) in [6.07, 6.45) is 2.65. The van der Waals surface area contributed by atoms with Gasteiger partial charge in [0, 0.05) is 25.7 Å². The number of amides is 1. The van der Waals surface area contributed by atoms with E-state index in [-0.39, 0.29) is 23.2 Å². The molecule has 1 saturated heterocycles. The third-order valence-corrected chi connectivity index (χ3v) is 4.52. The predicted molar refractivity (Wildman–Crippen MR) is 98.0 cm³/mol. The molecule has 0 bridgehead atoms. The summed E-state index contributed by atoms with van der Waals surface area (Å²) >= 11 is 0. The number of hydrogen-bond donors (Lipinski definition) is 1. The number of nitrogens with zero attached hydrogens (tertiary/aromatic N) is 3. The van der Waals surface area contributed by atoms with Gasteiger partial charge in [-0.1, -0.05) is 6.92 Å². The molecule has 7 heteroatoms. The van der Waals surface area contributed by atoms with E-state index in [2.05, 4.69) is 10.4 Å².